The van der Waals surface area contributed by atoms with Crippen LogP contribution in [0.25, 0.3) is 10.8 Å². The van der Waals surface area contributed by atoms with E-state index in [-0.39, 0.29) is 6.10 Å². The molecule has 124 valence electrons. The summed E-state index contributed by atoms with van der Waals surface area (Å²) in [6, 6.07) is 15.0. The van der Waals surface area contributed by atoms with Gasteiger partial charge in [0.05, 0.1) is 19.3 Å². The van der Waals surface area contributed by atoms with E-state index in [2.05, 4.69) is 59.3 Å². The monoisotopic (exact) mass is 314 g/mol. The van der Waals surface area contributed by atoms with E-state index in [0.717, 1.165) is 39.4 Å². The third-order valence-electron chi connectivity index (χ3n) is 4.36. The Morgan fingerprint density at radius 3 is 2.65 bits per heavy atom. The van der Waals surface area contributed by atoms with Gasteiger partial charge < -0.3 is 9.84 Å². The number of fused-ring (bicyclic) bond motifs is 1. The molecule has 1 fully saturated rings. The molecule has 0 bridgehead atoms. The lowest BCUT2D eigenvalue weighted by Crippen LogP contribution is -2.43. The Balaban J connectivity index is 1.51. The fourth-order valence-electron chi connectivity index (χ4n) is 3.21. The van der Waals surface area contributed by atoms with Crippen LogP contribution in [-0.2, 0) is 11.3 Å². The van der Waals surface area contributed by atoms with Crippen LogP contribution in [0, 0.1) is 0 Å². The molecule has 0 spiro atoms. The molecular weight excluding hydrogens is 288 g/mol. The van der Waals surface area contributed by atoms with Crippen LogP contribution in [0.4, 0.5) is 0 Å². The molecule has 1 saturated heterocycles. The van der Waals surface area contributed by atoms with Gasteiger partial charge in [-0.1, -0.05) is 36.4 Å². The van der Waals surface area contributed by atoms with Crippen molar-refractivity contribution in [3.8, 4) is 0 Å². The largest absolute Gasteiger partial charge is 0.390 e. The van der Waals surface area contributed by atoms with Gasteiger partial charge in [0.2, 0.25) is 0 Å². The summed E-state index contributed by atoms with van der Waals surface area (Å²) in [5.74, 6) is 0. The summed E-state index contributed by atoms with van der Waals surface area (Å²) >= 11 is 0. The average Bonchev–Trinajstić information content (AvgIpc) is 2.55. The van der Waals surface area contributed by atoms with E-state index in [0.29, 0.717) is 6.54 Å². The van der Waals surface area contributed by atoms with Gasteiger partial charge in [-0.25, -0.2) is 0 Å². The summed E-state index contributed by atoms with van der Waals surface area (Å²) in [5.41, 5.74) is 1.28. The quantitative estimate of drug-likeness (QED) is 0.884. The summed E-state index contributed by atoms with van der Waals surface area (Å²) in [6.45, 7) is 5.66. The Morgan fingerprint density at radius 2 is 1.87 bits per heavy atom. The fraction of sp³-hybridized carbons (Fsp3) is 0.474. The molecule has 0 saturated carbocycles. The van der Waals surface area contributed by atoms with Crippen molar-refractivity contribution in [3.63, 3.8) is 0 Å². The highest BCUT2D eigenvalue weighted by Crippen LogP contribution is 2.16. The highest BCUT2D eigenvalue weighted by molar-refractivity contribution is 5.82. The van der Waals surface area contributed by atoms with Crippen LogP contribution in [0.5, 0.6) is 0 Å². The Hall–Kier alpha value is -1.46. The van der Waals surface area contributed by atoms with E-state index in [1.165, 1.54) is 16.3 Å². The summed E-state index contributed by atoms with van der Waals surface area (Å²) in [5, 5.41) is 12.8. The fourth-order valence-corrected chi connectivity index (χ4v) is 3.21. The summed E-state index contributed by atoms with van der Waals surface area (Å²) < 4.78 is 5.34. The van der Waals surface area contributed by atoms with Gasteiger partial charge in [0.1, 0.15) is 0 Å². The molecule has 2 aromatic carbocycles. The zero-order chi connectivity index (χ0) is 16.1. The number of rotatable bonds is 6. The van der Waals surface area contributed by atoms with Crippen molar-refractivity contribution in [3.05, 3.63) is 48.0 Å². The first kappa shape index (κ1) is 16.4. The van der Waals surface area contributed by atoms with Crippen molar-refractivity contribution in [1.29, 1.82) is 0 Å². The van der Waals surface area contributed by atoms with Crippen LogP contribution in [-0.4, -0.2) is 67.5 Å². The molecule has 3 rings (SSSR count). The van der Waals surface area contributed by atoms with E-state index in [9.17, 15) is 5.11 Å². The molecule has 1 unspecified atom stereocenters. The number of aliphatic hydroxyl groups is 1. The van der Waals surface area contributed by atoms with Gasteiger partial charge >= 0.3 is 0 Å². The van der Waals surface area contributed by atoms with Crippen LogP contribution >= 0.6 is 0 Å². The molecule has 23 heavy (non-hydrogen) atoms. The molecule has 1 aliphatic rings. The Kier molecular flexibility index (Phi) is 5.62. The highest BCUT2D eigenvalue weighted by Gasteiger charge is 2.16. The van der Waals surface area contributed by atoms with Crippen molar-refractivity contribution in [1.82, 2.24) is 9.80 Å². The van der Waals surface area contributed by atoms with E-state index >= 15 is 0 Å². The molecular formula is C19H26N2O2. The zero-order valence-corrected chi connectivity index (χ0v) is 13.8. The predicted octanol–water partition coefficient (Wildman–Crippen LogP) is 1.96. The minimum Gasteiger partial charge on any atom is -0.390 e. The second-order valence-electron chi connectivity index (χ2n) is 6.45. The van der Waals surface area contributed by atoms with Crippen LogP contribution in [0.1, 0.15) is 5.56 Å². The SMILES string of the molecule is CN(Cc1ccc2ccccc2c1)CC(O)CN1CCOCC1. The van der Waals surface area contributed by atoms with Crippen LogP contribution in [0.2, 0.25) is 0 Å². The lowest BCUT2D eigenvalue weighted by atomic mass is 10.1. The predicted molar refractivity (Wildman–Crippen MR) is 93.5 cm³/mol. The Labute approximate surface area is 138 Å². The van der Waals surface area contributed by atoms with Crippen molar-refractivity contribution in [2.45, 2.75) is 12.6 Å². The smallest absolute Gasteiger partial charge is 0.0793 e. The maximum atomic E-state index is 10.3. The standard InChI is InChI=1S/C19H26N2O2/c1-20(14-19(22)15-21-8-10-23-11-9-21)13-16-6-7-17-4-2-3-5-18(17)12-16/h2-7,12,19,22H,8-11,13-15H2,1H3. The Morgan fingerprint density at radius 1 is 1.13 bits per heavy atom. The van der Waals surface area contributed by atoms with Crippen molar-refractivity contribution < 1.29 is 9.84 Å². The molecule has 2 aromatic rings. The number of aliphatic hydroxyl groups excluding tert-OH is 1. The lowest BCUT2D eigenvalue weighted by molar-refractivity contribution is 0.00825. The van der Waals surface area contributed by atoms with Crippen LogP contribution in [0.3, 0.4) is 0 Å². The van der Waals surface area contributed by atoms with Crippen molar-refractivity contribution in [2.75, 3.05) is 46.4 Å². The third-order valence-corrected chi connectivity index (χ3v) is 4.36. The maximum absolute atomic E-state index is 10.3. The van der Waals surface area contributed by atoms with Gasteiger partial charge in [-0.15, -0.1) is 0 Å². The van der Waals surface area contributed by atoms with Crippen molar-refractivity contribution in [2.24, 2.45) is 0 Å². The minimum atomic E-state index is -0.321. The second-order valence-corrected chi connectivity index (χ2v) is 6.45. The Bertz CT molecular complexity index is 626. The van der Waals surface area contributed by atoms with Gasteiger partial charge in [0, 0.05) is 32.7 Å². The van der Waals surface area contributed by atoms with E-state index in [1.54, 1.807) is 0 Å². The molecule has 1 heterocycles. The molecule has 0 aromatic heterocycles. The van der Waals surface area contributed by atoms with Gasteiger partial charge in [0.25, 0.3) is 0 Å². The summed E-state index contributed by atoms with van der Waals surface area (Å²) in [4.78, 5) is 4.47. The van der Waals surface area contributed by atoms with Gasteiger partial charge in [-0.2, -0.15) is 0 Å². The first-order chi connectivity index (χ1) is 11.2. The molecule has 1 N–H and O–H groups in total. The molecule has 1 aliphatic heterocycles. The zero-order valence-electron chi connectivity index (χ0n) is 13.8. The summed E-state index contributed by atoms with van der Waals surface area (Å²) in [7, 11) is 2.07. The number of nitrogens with zero attached hydrogens (tertiary/aromatic N) is 2. The first-order valence-electron chi connectivity index (χ1n) is 8.35. The molecule has 1 atom stereocenters. The third kappa shape index (κ3) is 4.75. The van der Waals surface area contributed by atoms with Gasteiger partial charge in [-0.05, 0) is 29.4 Å². The number of likely N-dealkylation sites (N-methyl/N-ethyl adjacent to an activating group) is 1. The normalized spacial score (nSPS) is 17.7. The summed E-state index contributed by atoms with van der Waals surface area (Å²) in [6.07, 6.45) is -0.321. The van der Waals surface area contributed by atoms with Crippen molar-refractivity contribution >= 4 is 10.8 Å². The number of benzene rings is 2. The maximum Gasteiger partial charge on any atom is 0.0793 e. The van der Waals surface area contributed by atoms with Crippen LogP contribution in [0.15, 0.2) is 42.5 Å². The highest BCUT2D eigenvalue weighted by atomic mass is 16.5. The number of β-amino-alcohol motifs (C(OH)–C–C–N with tert-alkyl or cyclic N) is 1. The number of hydrogen-bond acceptors (Lipinski definition) is 4. The molecule has 4 nitrogen and oxygen atoms in total. The molecule has 0 radical (unpaired) electrons. The number of morpholine rings is 1. The van der Waals surface area contributed by atoms with Gasteiger partial charge in [-0.3, -0.25) is 9.80 Å². The number of hydrogen-bond donors (Lipinski definition) is 1. The lowest BCUT2D eigenvalue weighted by Gasteiger charge is -2.30. The number of ether oxygens (including phenoxy) is 1. The molecule has 0 amide bonds. The van der Waals surface area contributed by atoms with Gasteiger partial charge in [0.15, 0.2) is 0 Å². The molecule has 4 heteroatoms. The molecule has 0 aliphatic carbocycles. The minimum absolute atomic E-state index is 0.321. The topological polar surface area (TPSA) is 35.9 Å². The van der Waals surface area contributed by atoms with Crippen LogP contribution < -0.4 is 0 Å². The van der Waals surface area contributed by atoms with E-state index in [1.807, 2.05) is 0 Å². The van der Waals surface area contributed by atoms with E-state index < -0.39 is 0 Å². The average molecular weight is 314 g/mol. The van der Waals surface area contributed by atoms with E-state index in [4.69, 9.17) is 4.74 Å². The second kappa shape index (κ2) is 7.88. The first-order valence-corrected chi connectivity index (χ1v) is 8.35.